The molecule has 0 saturated carbocycles. The average Bonchev–Trinajstić information content (AvgIpc) is 2.50. The first-order valence-electron chi connectivity index (χ1n) is 3.96. The van der Waals surface area contributed by atoms with Gasteiger partial charge in [-0.3, -0.25) is 0 Å². The summed E-state index contributed by atoms with van der Waals surface area (Å²) in [6.07, 6.45) is 0.809. The summed E-state index contributed by atoms with van der Waals surface area (Å²) < 4.78 is 5.19. The van der Waals surface area contributed by atoms with Gasteiger partial charge in [0.05, 0.1) is 0 Å². The van der Waals surface area contributed by atoms with Crippen molar-refractivity contribution in [3.63, 3.8) is 0 Å². The summed E-state index contributed by atoms with van der Waals surface area (Å²) in [5.41, 5.74) is 5.38. The summed E-state index contributed by atoms with van der Waals surface area (Å²) in [6, 6.07) is 0. The maximum absolute atomic E-state index is 5.38. The second-order valence-corrected chi connectivity index (χ2v) is 3.41. The highest BCUT2D eigenvalue weighted by Gasteiger charge is 2.02. The van der Waals surface area contributed by atoms with Gasteiger partial charge in [0.15, 0.2) is 0 Å². The van der Waals surface area contributed by atoms with Crippen molar-refractivity contribution >= 4 is 11.3 Å². The molecule has 0 unspecified atom stereocenters. The molecule has 2 N–H and O–H groups in total. The fourth-order valence-corrected chi connectivity index (χ4v) is 1.56. The summed E-state index contributed by atoms with van der Waals surface area (Å²) in [6.45, 7) is 3.87. The van der Waals surface area contributed by atoms with E-state index in [4.69, 9.17) is 10.5 Å². The molecule has 5 heteroatoms. The van der Waals surface area contributed by atoms with E-state index in [1.165, 1.54) is 0 Å². The van der Waals surface area contributed by atoms with E-state index in [0.29, 0.717) is 19.8 Å². The molecule has 0 aliphatic carbocycles. The van der Waals surface area contributed by atoms with Crippen LogP contribution in [-0.4, -0.2) is 23.3 Å². The van der Waals surface area contributed by atoms with Crippen LogP contribution in [0.15, 0.2) is 0 Å². The van der Waals surface area contributed by atoms with Gasteiger partial charge in [-0.05, 0) is 13.5 Å². The highest BCUT2D eigenvalue weighted by molar-refractivity contribution is 7.11. The van der Waals surface area contributed by atoms with Crippen LogP contribution in [0.1, 0.15) is 16.9 Å². The molecule has 0 aliphatic rings. The molecule has 12 heavy (non-hydrogen) atoms. The van der Waals surface area contributed by atoms with E-state index in [2.05, 4.69) is 10.2 Å². The third-order valence-electron chi connectivity index (χ3n) is 1.30. The minimum atomic E-state index is 0.568. The first-order chi connectivity index (χ1) is 5.86. The Morgan fingerprint density at radius 2 is 2.17 bits per heavy atom. The number of nitrogens with zero attached hydrogens (tertiary/aromatic N) is 2. The zero-order chi connectivity index (χ0) is 8.81. The molecule has 0 atom stereocenters. The zero-order valence-corrected chi connectivity index (χ0v) is 7.93. The molecule has 0 saturated heterocycles. The van der Waals surface area contributed by atoms with Crippen LogP contribution >= 0.6 is 11.3 Å². The van der Waals surface area contributed by atoms with Gasteiger partial charge in [0, 0.05) is 13.0 Å². The van der Waals surface area contributed by atoms with Crippen LogP contribution in [0.4, 0.5) is 0 Å². The Hall–Kier alpha value is -0.520. The van der Waals surface area contributed by atoms with Crippen molar-refractivity contribution < 1.29 is 4.74 Å². The van der Waals surface area contributed by atoms with E-state index < -0.39 is 0 Å². The third kappa shape index (κ3) is 2.84. The molecular formula is C7H13N3OS. The molecule has 0 spiro atoms. The minimum Gasteiger partial charge on any atom is -0.374 e. The maximum Gasteiger partial charge on any atom is 0.143 e. The van der Waals surface area contributed by atoms with Gasteiger partial charge < -0.3 is 10.5 Å². The van der Waals surface area contributed by atoms with Crippen LogP contribution in [0.5, 0.6) is 0 Å². The van der Waals surface area contributed by atoms with Crippen molar-refractivity contribution in [2.75, 3.05) is 13.2 Å². The third-order valence-corrected chi connectivity index (χ3v) is 2.25. The largest absolute Gasteiger partial charge is 0.374 e. The molecule has 1 aromatic heterocycles. The fourth-order valence-electron chi connectivity index (χ4n) is 0.761. The molecule has 0 radical (unpaired) electrons. The number of rotatable bonds is 5. The highest BCUT2D eigenvalue weighted by Crippen LogP contribution is 2.10. The lowest BCUT2D eigenvalue weighted by Crippen LogP contribution is -2.01. The molecule has 1 aromatic rings. The van der Waals surface area contributed by atoms with Crippen molar-refractivity contribution in [3.8, 4) is 0 Å². The summed E-state index contributed by atoms with van der Waals surface area (Å²) in [5, 5.41) is 9.85. The highest BCUT2D eigenvalue weighted by atomic mass is 32.1. The van der Waals surface area contributed by atoms with Crippen molar-refractivity contribution in [2.24, 2.45) is 5.73 Å². The molecular weight excluding hydrogens is 174 g/mol. The van der Waals surface area contributed by atoms with Gasteiger partial charge in [0.1, 0.15) is 16.6 Å². The lowest BCUT2D eigenvalue weighted by atomic mass is 10.5. The van der Waals surface area contributed by atoms with Gasteiger partial charge in [-0.1, -0.05) is 11.3 Å². The Balaban J connectivity index is 2.41. The summed E-state index contributed by atoms with van der Waals surface area (Å²) in [4.78, 5) is 0. The zero-order valence-electron chi connectivity index (χ0n) is 7.12. The van der Waals surface area contributed by atoms with Gasteiger partial charge >= 0.3 is 0 Å². The van der Waals surface area contributed by atoms with E-state index >= 15 is 0 Å². The average molecular weight is 187 g/mol. The van der Waals surface area contributed by atoms with Crippen LogP contribution in [0, 0.1) is 0 Å². The topological polar surface area (TPSA) is 61.0 Å². The maximum atomic E-state index is 5.38. The molecule has 68 valence electrons. The Labute approximate surface area is 75.8 Å². The summed E-state index contributed by atoms with van der Waals surface area (Å²) in [7, 11) is 0. The number of aromatic nitrogens is 2. The first kappa shape index (κ1) is 9.57. The van der Waals surface area contributed by atoms with Crippen LogP contribution in [0.3, 0.4) is 0 Å². The Morgan fingerprint density at radius 3 is 2.83 bits per heavy atom. The Kier molecular flexibility index (Phi) is 4.13. The predicted octanol–water partition coefficient (Wildman–Crippen LogP) is 0.576. The Morgan fingerprint density at radius 1 is 1.42 bits per heavy atom. The quantitative estimate of drug-likeness (QED) is 0.732. The van der Waals surface area contributed by atoms with Gasteiger partial charge in [0.2, 0.25) is 0 Å². The van der Waals surface area contributed by atoms with Gasteiger partial charge in [-0.15, -0.1) is 10.2 Å². The predicted molar refractivity (Wildman–Crippen MR) is 48.0 cm³/mol. The summed E-state index contributed by atoms with van der Waals surface area (Å²) in [5.74, 6) is 0. The molecule has 0 aromatic carbocycles. The van der Waals surface area contributed by atoms with Crippen LogP contribution in [0.2, 0.25) is 0 Å². The number of ether oxygens (including phenoxy) is 1. The second kappa shape index (κ2) is 5.18. The van der Waals surface area contributed by atoms with Crippen molar-refractivity contribution in [3.05, 3.63) is 10.0 Å². The molecule has 0 fully saturated rings. The number of hydrogen-bond acceptors (Lipinski definition) is 5. The molecule has 0 aliphatic heterocycles. The van der Waals surface area contributed by atoms with Crippen LogP contribution < -0.4 is 5.73 Å². The summed E-state index contributed by atoms with van der Waals surface area (Å²) >= 11 is 1.57. The van der Waals surface area contributed by atoms with Crippen molar-refractivity contribution in [2.45, 2.75) is 20.0 Å². The van der Waals surface area contributed by atoms with E-state index in [-0.39, 0.29) is 0 Å². The van der Waals surface area contributed by atoms with Gasteiger partial charge in [-0.25, -0.2) is 0 Å². The lowest BCUT2D eigenvalue weighted by molar-refractivity contribution is 0.133. The molecule has 1 heterocycles. The number of nitrogens with two attached hydrogens (primary N) is 1. The monoisotopic (exact) mass is 187 g/mol. The van der Waals surface area contributed by atoms with Gasteiger partial charge in [0.25, 0.3) is 0 Å². The first-order valence-corrected chi connectivity index (χ1v) is 4.77. The van der Waals surface area contributed by atoms with E-state index in [1.807, 2.05) is 6.92 Å². The molecule has 1 rings (SSSR count). The molecule has 4 nitrogen and oxygen atoms in total. The van der Waals surface area contributed by atoms with E-state index in [1.54, 1.807) is 11.3 Å². The Bertz CT molecular complexity index is 226. The van der Waals surface area contributed by atoms with Crippen LogP contribution in [0.25, 0.3) is 0 Å². The fraction of sp³-hybridized carbons (Fsp3) is 0.714. The molecule has 0 bridgehead atoms. The van der Waals surface area contributed by atoms with Crippen molar-refractivity contribution in [1.29, 1.82) is 0 Å². The molecule has 0 amide bonds. The second-order valence-electron chi connectivity index (χ2n) is 2.27. The van der Waals surface area contributed by atoms with Gasteiger partial charge in [-0.2, -0.15) is 0 Å². The van der Waals surface area contributed by atoms with E-state index in [9.17, 15) is 0 Å². The van der Waals surface area contributed by atoms with E-state index in [0.717, 1.165) is 16.4 Å². The normalized spacial score (nSPS) is 10.5. The van der Waals surface area contributed by atoms with Crippen LogP contribution in [-0.2, 0) is 17.8 Å². The lowest BCUT2D eigenvalue weighted by Gasteiger charge is -1.92. The van der Waals surface area contributed by atoms with Crippen molar-refractivity contribution in [1.82, 2.24) is 10.2 Å². The SMILES string of the molecule is CCOCc1nnc(CCN)s1. The minimum absolute atomic E-state index is 0.568. The number of hydrogen-bond donors (Lipinski definition) is 1. The standard InChI is InChI=1S/C7H13N3OS/c1-2-11-5-7-10-9-6(12-7)3-4-8/h2-5,8H2,1H3. The smallest absolute Gasteiger partial charge is 0.143 e.